The molecule has 2 unspecified atom stereocenters. The molecule has 1 rings (SSSR count). The van der Waals surface area contributed by atoms with Crippen LogP contribution >= 0.6 is 0 Å². The molecule has 1 aliphatic carbocycles. The van der Waals surface area contributed by atoms with Crippen LogP contribution in [0.4, 0.5) is 0 Å². The fourth-order valence-electron chi connectivity index (χ4n) is 4.04. The lowest BCUT2D eigenvalue weighted by molar-refractivity contribution is -0.156. The zero-order chi connectivity index (χ0) is 22.1. The second-order valence-electron chi connectivity index (χ2n) is 8.73. The van der Waals surface area contributed by atoms with Crippen molar-refractivity contribution < 1.29 is 23.9 Å². The van der Waals surface area contributed by atoms with Crippen molar-refractivity contribution in [2.75, 3.05) is 0 Å². The van der Waals surface area contributed by atoms with E-state index in [2.05, 4.69) is 39.8 Å². The summed E-state index contributed by atoms with van der Waals surface area (Å²) in [5, 5.41) is 0. The highest BCUT2D eigenvalue weighted by molar-refractivity contribution is 5.75. The average molecular weight is 405 g/mol. The highest BCUT2D eigenvalue weighted by Crippen LogP contribution is 2.43. The standard InChI is InChI=1S/C24H36O5/c1-18(11-12-22-19(2)10-8-13-23(22,5)6)9-7-14-24(17-25,29-21(4)27)15-16-28-20(3)26/h9-10,15-17,22H,7-8,11-14H2,1-6H3/b16-15+,18-9+. The van der Waals surface area contributed by atoms with Crippen LogP contribution < -0.4 is 0 Å². The Balaban J connectivity index is 2.72. The lowest BCUT2D eigenvalue weighted by Gasteiger charge is -2.38. The summed E-state index contributed by atoms with van der Waals surface area (Å²) in [6, 6.07) is 0. The van der Waals surface area contributed by atoms with E-state index in [1.165, 1.54) is 37.5 Å². The van der Waals surface area contributed by atoms with Gasteiger partial charge in [0.15, 0.2) is 11.9 Å². The Hall–Kier alpha value is -2.17. The molecule has 0 spiro atoms. The Morgan fingerprint density at radius 1 is 1.24 bits per heavy atom. The molecular weight excluding hydrogens is 368 g/mol. The zero-order valence-electron chi connectivity index (χ0n) is 18.7. The zero-order valence-corrected chi connectivity index (χ0v) is 18.7. The van der Waals surface area contributed by atoms with Gasteiger partial charge in [0, 0.05) is 26.3 Å². The van der Waals surface area contributed by atoms with Crippen molar-refractivity contribution in [1.82, 2.24) is 0 Å². The van der Waals surface area contributed by atoms with Gasteiger partial charge >= 0.3 is 11.9 Å². The molecule has 0 N–H and O–H groups in total. The summed E-state index contributed by atoms with van der Waals surface area (Å²) in [6.07, 6.45) is 12.8. The highest BCUT2D eigenvalue weighted by Gasteiger charge is 2.32. The maximum Gasteiger partial charge on any atom is 0.307 e. The van der Waals surface area contributed by atoms with Crippen LogP contribution in [-0.4, -0.2) is 23.8 Å². The molecule has 29 heavy (non-hydrogen) atoms. The molecule has 0 aromatic heterocycles. The fourth-order valence-corrected chi connectivity index (χ4v) is 4.04. The number of rotatable bonds is 10. The van der Waals surface area contributed by atoms with Gasteiger partial charge in [0.1, 0.15) is 0 Å². The van der Waals surface area contributed by atoms with Crippen LogP contribution in [0.5, 0.6) is 0 Å². The van der Waals surface area contributed by atoms with Gasteiger partial charge in [-0.2, -0.15) is 0 Å². The monoisotopic (exact) mass is 404 g/mol. The van der Waals surface area contributed by atoms with E-state index in [-0.39, 0.29) is 0 Å². The third-order valence-electron chi connectivity index (χ3n) is 5.72. The molecule has 0 aromatic carbocycles. The van der Waals surface area contributed by atoms with E-state index >= 15 is 0 Å². The molecule has 0 radical (unpaired) electrons. The summed E-state index contributed by atoms with van der Waals surface area (Å²) >= 11 is 0. The van der Waals surface area contributed by atoms with Gasteiger partial charge in [0.2, 0.25) is 0 Å². The molecule has 0 heterocycles. The van der Waals surface area contributed by atoms with Crippen molar-refractivity contribution in [2.45, 2.75) is 85.7 Å². The summed E-state index contributed by atoms with van der Waals surface area (Å²) in [6.45, 7) is 11.5. The summed E-state index contributed by atoms with van der Waals surface area (Å²) in [7, 11) is 0. The molecule has 1 aliphatic rings. The van der Waals surface area contributed by atoms with Crippen LogP contribution in [0, 0.1) is 11.3 Å². The Kier molecular flexibility index (Phi) is 9.54. The first-order chi connectivity index (χ1) is 13.5. The summed E-state index contributed by atoms with van der Waals surface area (Å²) in [4.78, 5) is 34.0. The van der Waals surface area contributed by atoms with Gasteiger partial charge in [-0.05, 0) is 57.3 Å². The molecular formula is C24H36O5. The second kappa shape index (κ2) is 11.1. The average Bonchev–Trinajstić information content (AvgIpc) is 2.59. The number of ether oxygens (including phenoxy) is 2. The van der Waals surface area contributed by atoms with E-state index in [0.29, 0.717) is 30.5 Å². The van der Waals surface area contributed by atoms with Gasteiger partial charge in [-0.3, -0.25) is 14.4 Å². The minimum atomic E-state index is -1.43. The van der Waals surface area contributed by atoms with Gasteiger partial charge in [0.25, 0.3) is 0 Å². The first-order valence-corrected chi connectivity index (χ1v) is 10.3. The van der Waals surface area contributed by atoms with Crippen molar-refractivity contribution in [2.24, 2.45) is 11.3 Å². The van der Waals surface area contributed by atoms with Crippen LogP contribution in [-0.2, 0) is 23.9 Å². The van der Waals surface area contributed by atoms with Gasteiger partial charge < -0.3 is 9.47 Å². The number of carbonyl (C=O) groups excluding carboxylic acids is 3. The quantitative estimate of drug-likeness (QED) is 0.209. The third-order valence-corrected chi connectivity index (χ3v) is 5.72. The normalized spacial score (nSPS) is 21.2. The molecule has 0 amide bonds. The van der Waals surface area contributed by atoms with E-state index in [0.717, 1.165) is 25.5 Å². The molecule has 0 bridgehead atoms. The van der Waals surface area contributed by atoms with Gasteiger partial charge in [-0.15, -0.1) is 0 Å². The van der Waals surface area contributed by atoms with Crippen molar-refractivity contribution >= 4 is 18.2 Å². The number of hydrogen-bond acceptors (Lipinski definition) is 5. The summed E-state index contributed by atoms with van der Waals surface area (Å²) in [5.41, 5.74) is 1.64. The van der Waals surface area contributed by atoms with Crippen LogP contribution in [0.1, 0.15) is 80.1 Å². The van der Waals surface area contributed by atoms with Gasteiger partial charge in [-0.1, -0.05) is 37.1 Å². The Labute approximate surface area is 175 Å². The summed E-state index contributed by atoms with van der Waals surface area (Å²) in [5.74, 6) is -0.483. The van der Waals surface area contributed by atoms with Crippen molar-refractivity contribution in [3.63, 3.8) is 0 Å². The van der Waals surface area contributed by atoms with E-state index in [1.54, 1.807) is 0 Å². The second-order valence-corrected chi connectivity index (χ2v) is 8.73. The lowest BCUT2D eigenvalue weighted by Crippen LogP contribution is -2.34. The van der Waals surface area contributed by atoms with Crippen LogP contribution in [0.25, 0.3) is 0 Å². The smallest absolute Gasteiger partial charge is 0.307 e. The number of allylic oxidation sites excluding steroid dienone is 4. The molecule has 5 heteroatoms. The van der Waals surface area contributed by atoms with Crippen molar-refractivity contribution in [3.05, 3.63) is 35.6 Å². The van der Waals surface area contributed by atoms with Crippen molar-refractivity contribution in [1.29, 1.82) is 0 Å². The molecule has 2 atom stereocenters. The topological polar surface area (TPSA) is 69.7 Å². The molecule has 0 saturated heterocycles. The highest BCUT2D eigenvalue weighted by atomic mass is 16.6. The van der Waals surface area contributed by atoms with E-state index in [4.69, 9.17) is 9.47 Å². The number of hydrogen-bond donors (Lipinski definition) is 0. The Morgan fingerprint density at radius 2 is 1.93 bits per heavy atom. The summed E-state index contributed by atoms with van der Waals surface area (Å²) < 4.78 is 9.98. The lowest BCUT2D eigenvalue weighted by atomic mass is 9.67. The molecule has 0 saturated carbocycles. The molecule has 5 nitrogen and oxygen atoms in total. The number of carbonyl (C=O) groups is 3. The number of aldehydes is 1. The molecule has 162 valence electrons. The Morgan fingerprint density at radius 3 is 2.48 bits per heavy atom. The van der Waals surface area contributed by atoms with Crippen LogP contribution in [0.3, 0.4) is 0 Å². The minimum absolute atomic E-state index is 0.291. The van der Waals surface area contributed by atoms with Gasteiger partial charge in [-0.25, -0.2) is 0 Å². The Bertz CT molecular complexity index is 683. The van der Waals surface area contributed by atoms with Gasteiger partial charge in [0.05, 0.1) is 6.26 Å². The minimum Gasteiger partial charge on any atom is -0.447 e. The maximum atomic E-state index is 11.7. The SMILES string of the molecule is CC(=O)O/C=C/C(C=O)(CC/C=C(\C)CCC1C(C)=CCCC1(C)C)OC(C)=O. The van der Waals surface area contributed by atoms with E-state index in [9.17, 15) is 14.4 Å². The molecule has 0 aliphatic heterocycles. The molecule has 0 aromatic rings. The van der Waals surface area contributed by atoms with Crippen molar-refractivity contribution in [3.8, 4) is 0 Å². The largest absolute Gasteiger partial charge is 0.447 e. The number of esters is 2. The predicted octanol–water partition coefficient (Wildman–Crippen LogP) is 5.45. The van der Waals surface area contributed by atoms with Crippen LogP contribution in [0.15, 0.2) is 35.6 Å². The predicted molar refractivity (Wildman–Crippen MR) is 114 cm³/mol. The van der Waals surface area contributed by atoms with Crippen LogP contribution in [0.2, 0.25) is 0 Å². The molecule has 0 fully saturated rings. The van der Waals surface area contributed by atoms with E-state index < -0.39 is 17.5 Å². The third kappa shape index (κ3) is 8.38. The maximum absolute atomic E-state index is 11.7. The first kappa shape index (κ1) is 24.9. The first-order valence-electron chi connectivity index (χ1n) is 10.3. The van der Waals surface area contributed by atoms with E-state index in [1.807, 2.05) is 0 Å². The fraction of sp³-hybridized carbons (Fsp3) is 0.625.